The van der Waals surface area contributed by atoms with Crippen molar-refractivity contribution < 1.29 is 29.3 Å². The molecule has 0 heterocycles. The Bertz CT molecular complexity index is 1020. The Morgan fingerprint density at radius 1 is 0.971 bits per heavy atom. The molecule has 0 bridgehead atoms. The summed E-state index contributed by atoms with van der Waals surface area (Å²) in [5, 5.41) is 23.5. The van der Waals surface area contributed by atoms with Crippen molar-refractivity contribution >= 4 is 18.0 Å². The smallest absolute Gasteiger partial charge is 0.407 e. The lowest BCUT2D eigenvalue weighted by Crippen LogP contribution is -2.48. The number of aliphatic carboxylic acids is 1. The molecule has 2 amide bonds. The number of rotatable bonds is 10. The first-order valence-corrected chi connectivity index (χ1v) is 11.9. The summed E-state index contributed by atoms with van der Waals surface area (Å²) < 4.78 is 5.58. The van der Waals surface area contributed by atoms with Gasteiger partial charge in [-0.2, -0.15) is 0 Å². The number of benzene rings is 2. The fraction of sp³-hybridized carbons (Fsp3) is 0.444. The second-order valence-corrected chi connectivity index (χ2v) is 10.1. The predicted octanol–water partition coefficient (Wildman–Crippen LogP) is 3.67. The van der Waals surface area contributed by atoms with Crippen molar-refractivity contribution in [2.75, 3.05) is 13.2 Å². The van der Waals surface area contributed by atoms with Crippen molar-refractivity contribution in [2.45, 2.75) is 58.1 Å². The number of nitrogens with one attached hydrogen (secondary N) is 2. The van der Waals surface area contributed by atoms with Crippen LogP contribution in [-0.4, -0.2) is 53.5 Å². The van der Waals surface area contributed by atoms with Gasteiger partial charge < -0.3 is 25.6 Å². The number of hydrogen-bond acceptors (Lipinski definition) is 5. The average Bonchev–Trinajstić information content (AvgIpc) is 3.13. The van der Waals surface area contributed by atoms with Crippen LogP contribution < -0.4 is 10.6 Å². The Kier molecular flexibility index (Phi) is 8.51. The standard InChI is InChI=1S/C27H34N2O6/c1-27(2,3)14-12-22(24(31)28-15-13-23(30)25(32)33)29-26(34)35-16-21-19-10-6-4-8-17(19)18-9-5-7-11-20(18)21/h4-11,21-23,30H,12-16H2,1-3H3,(H,28,31)(H,29,34)(H,32,33)/t22?,23-/m0/s1. The zero-order chi connectivity index (χ0) is 25.6. The van der Waals surface area contributed by atoms with E-state index in [9.17, 15) is 19.5 Å². The van der Waals surface area contributed by atoms with Crippen molar-refractivity contribution in [3.05, 3.63) is 59.7 Å². The molecular weight excluding hydrogens is 448 g/mol. The van der Waals surface area contributed by atoms with Gasteiger partial charge in [-0.05, 0) is 40.5 Å². The first-order valence-electron chi connectivity index (χ1n) is 11.9. The van der Waals surface area contributed by atoms with Gasteiger partial charge >= 0.3 is 12.1 Å². The highest BCUT2D eigenvalue weighted by atomic mass is 16.5. The minimum Gasteiger partial charge on any atom is -0.479 e. The normalized spacial score (nSPS) is 14.4. The fourth-order valence-electron chi connectivity index (χ4n) is 4.21. The minimum absolute atomic E-state index is 0.0231. The van der Waals surface area contributed by atoms with Crippen molar-refractivity contribution in [1.82, 2.24) is 10.6 Å². The molecule has 2 aromatic rings. The van der Waals surface area contributed by atoms with Crippen LogP contribution in [0.1, 0.15) is 57.1 Å². The molecule has 0 aromatic heterocycles. The number of carboxylic acids is 1. The molecule has 3 rings (SSSR count). The van der Waals surface area contributed by atoms with Crippen LogP contribution in [0, 0.1) is 5.41 Å². The first-order chi connectivity index (χ1) is 16.6. The van der Waals surface area contributed by atoms with E-state index in [1.54, 1.807) is 0 Å². The van der Waals surface area contributed by atoms with Gasteiger partial charge in [-0.15, -0.1) is 0 Å². The summed E-state index contributed by atoms with van der Waals surface area (Å²) in [6.45, 7) is 6.23. The molecule has 1 unspecified atom stereocenters. The van der Waals surface area contributed by atoms with E-state index < -0.39 is 30.1 Å². The highest BCUT2D eigenvalue weighted by Gasteiger charge is 2.30. The van der Waals surface area contributed by atoms with Gasteiger partial charge in [0.1, 0.15) is 12.6 Å². The van der Waals surface area contributed by atoms with Crippen LogP contribution in [0.5, 0.6) is 0 Å². The van der Waals surface area contributed by atoms with E-state index in [1.807, 2.05) is 57.2 Å². The molecule has 0 radical (unpaired) electrons. The minimum atomic E-state index is -1.56. The summed E-state index contributed by atoms with van der Waals surface area (Å²) in [4.78, 5) is 36.2. The topological polar surface area (TPSA) is 125 Å². The van der Waals surface area contributed by atoms with E-state index in [-0.39, 0.29) is 30.9 Å². The molecule has 0 saturated carbocycles. The van der Waals surface area contributed by atoms with Crippen LogP contribution in [-0.2, 0) is 14.3 Å². The number of ether oxygens (including phenoxy) is 1. The average molecular weight is 483 g/mol. The molecule has 0 aliphatic heterocycles. The zero-order valence-corrected chi connectivity index (χ0v) is 20.4. The zero-order valence-electron chi connectivity index (χ0n) is 20.4. The molecule has 2 aromatic carbocycles. The molecule has 0 saturated heterocycles. The van der Waals surface area contributed by atoms with Gasteiger partial charge in [-0.1, -0.05) is 69.3 Å². The lowest BCUT2D eigenvalue weighted by atomic mass is 9.88. The van der Waals surface area contributed by atoms with E-state index in [1.165, 1.54) is 0 Å². The van der Waals surface area contributed by atoms with Crippen LogP contribution in [0.3, 0.4) is 0 Å². The number of hydrogen-bond donors (Lipinski definition) is 4. The molecular formula is C27H34N2O6. The lowest BCUT2D eigenvalue weighted by molar-refractivity contribution is -0.147. The number of aliphatic hydroxyl groups is 1. The molecule has 8 heteroatoms. The number of carboxylic acid groups (broad SMARTS) is 1. The van der Waals surface area contributed by atoms with Crippen molar-refractivity contribution in [1.29, 1.82) is 0 Å². The largest absolute Gasteiger partial charge is 0.479 e. The van der Waals surface area contributed by atoms with E-state index in [4.69, 9.17) is 9.84 Å². The number of carbonyl (C=O) groups excluding carboxylic acids is 2. The van der Waals surface area contributed by atoms with Crippen LogP contribution in [0.4, 0.5) is 4.79 Å². The third kappa shape index (κ3) is 7.05. The van der Waals surface area contributed by atoms with Crippen LogP contribution in [0.2, 0.25) is 0 Å². The molecule has 188 valence electrons. The SMILES string of the molecule is CC(C)(C)CCC(NC(=O)OCC1c2ccccc2-c2ccccc21)C(=O)NCC[C@H](O)C(=O)O. The summed E-state index contributed by atoms with van der Waals surface area (Å²) in [6.07, 6.45) is -1.31. The van der Waals surface area contributed by atoms with Gasteiger partial charge in [-0.25, -0.2) is 9.59 Å². The Balaban J connectivity index is 1.62. The summed E-state index contributed by atoms with van der Waals surface area (Å²) in [5.74, 6) is -1.88. The van der Waals surface area contributed by atoms with E-state index in [0.717, 1.165) is 22.3 Å². The molecule has 0 spiro atoms. The second kappa shape index (κ2) is 11.4. The summed E-state index contributed by atoms with van der Waals surface area (Å²) in [5.41, 5.74) is 4.40. The Hall–Kier alpha value is -3.39. The molecule has 1 aliphatic carbocycles. The number of alkyl carbamates (subject to hydrolysis) is 1. The van der Waals surface area contributed by atoms with Gasteiger partial charge in [0.2, 0.25) is 5.91 Å². The van der Waals surface area contributed by atoms with Crippen LogP contribution in [0.15, 0.2) is 48.5 Å². The van der Waals surface area contributed by atoms with Crippen molar-refractivity contribution in [2.24, 2.45) is 5.41 Å². The Morgan fingerprint density at radius 3 is 2.09 bits per heavy atom. The number of aliphatic hydroxyl groups excluding tert-OH is 1. The maximum absolute atomic E-state index is 12.7. The van der Waals surface area contributed by atoms with Gasteiger partial charge in [0, 0.05) is 18.9 Å². The maximum atomic E-state index is 12.7. The lowest BCUT2D eigenvalue weighted by Gasteiger charge is -2.24. The Labute approximate surface area is 205 Å². The number of amides is 2. The third-order valence-corrected chi connectivity index (χ3v) is 6.14. The third-order valence-electron chi connectivity index (χ3n) is 6.14. The molecule has 4 N–H and O–H groups in total. The van der Waals surface area contributed by atoms with Crippen molar-refractivity contribution in [3.63, 3.8) is 0 Å². The second-order valence-electron chi connectivity index (χ2n) is 10.1. The van der Waals surface area contributed by atoms with Gasteiger partial charge in [-0.3, -0.25) is 4.79 Å². The summed E-state index contributed by atoms with van der Waals surface area (Å²) >= 11 is 0. The summed E-state index contributed by atoms with van der Waals surface area (Å²) in [6, 6.07) is 15.2. The Morgan fingerprint density at radius 2 is 1.54 bits per heavy atom. The highest BCUT2D eigenvalue weighted by Crippen LogP contribution is 2.44. The maximum Gasteiger partial charge on any atom is 0.407 e. The molecule has 2 atom stereocenters. The van der Waals surface area contributed by atoms with E-state index >= 15 is 0 Å². The first kappa shape index (κ1) is 26.2. The van der Waals surface area contributed by atoms with E-state index in [2.05, 4.69) is 22.8 Å². The van der Waals surface area contributed by atoms with Gasteiger partial charge in [0.15, 0.2) is 6.10 Å². The van der Waals surface area contributed by atoms with Crippen LogP contribution in [0.25, 0.3) is 11.1 Å². The monoisotopic (exact) mass is 482 g/mol. The van der Waals surface area contributed by atoms with Crippen molar-refractivity contribution in [3.8, 4) is 11.1 Å². The molecule has 35 heavy (non-hydrogen) atoms. The summed E-state index contributed by atoms with van der Waals surface area (Å²) in [7, 11) is 0. The predicted molar refractivity (Wildman–Crippen MR) is 132 cm³/mol. The molecule has 8 nitrogen and oxygen atoms in total. The van der Waals surface area contributed by atoms with Crippen LogP contribution >= 0.6 is 0 Å². The van der Waals surface area contributed by atoms with E-state index in [0.29, 0.717) is 12.8 Å². The number of fused-ring (bicyclic) bond motifs is 3. The number of carbonyl (C=O) groups is 3. The quantitative estimate of drug-likeness (QED) is 0.410. The highest BCUT2D eigenvalue weighted by molar-refractivity contribution is 5.85. The molecule has 0 fully saturated rings. The van der Waals surface area contributed by atoms with Gasteiger partial charge in [0.25, 0.3) is 0 Å². The fourth-order valence-corrected chi connectivity index (χ4v) is 4.21. The molecule has 1 aliphatic rings. The van der Waals surface area contributed by atoms with Gasteiger partial charge in [0.05, 0.1) is 0 Å².